The molecule has 1 N–H and O–H groups in total. The van der Waals surface area contributed by atoms with E-state index in [1.54, 1.807) is 6.07 Å². The summed E-state index contributed by atoms with van der Waals surface area (Å²) in [6, 6.07) is 4.50. The summed E-state index contributed by atoms with van der Waals surface area (Å²) in [5, 5.41) is 11.3. The first kappa shape index (κ1) is 14.4. The van der Waals surface area contributed by atoms with Crippen molar-refractivity contribution in [3.8, 4) is 11.5 Å². The zero-order valence-corrected chi connectivity index (χ0v) is 12.9. The van der Waals surface area contributed by atoms with Crippen LogP contribution in [0.25, 0.3) is 11.5 Å². The van der Waals surface area contributed by atoms with E-state index in [0.717, 1.165) is 22.1 Å². The highest BCUT2D eigenvalue weighted by Gasteiger charge is 2.16. The summed E-state index contributed by atoms with van der Waals surface area (Å²) in [6.07, 6.45) is 1.04. The van der Waals surface area contributed by atoms with E-state index in [4.69, 9.17) is 4.42 Å². The quantitative estimate of drug-likeness (QED) is 0.813. The molecule has 0 bridgehead atoms. The van der Waals surface area contributed by atoms with Crippen molar-refractivity contribution >= 4 is 22.6 Å². The number of hydrogen-bond acceptors (Lipinski definition) is 4. The fraction of sp³-hybridized carbons (Fsp3) is 0.385. The molecule has 19 heavy (non-hydrogen) atoms. The normalized spacial score (nSPS) is 12.6. The van der Waals surface area contributed by atoms with Crippen molar-refractivity contribution in [2.24, 2.45) is 0 Å². The molecule has 1 heterocycles. The van der Waals surface area contributed by atoms with Gasteiger partial charge in [0.2, 0.25) is 11.8 Å². The third-order valence-electron chi connectivity index (χ3n) is 2.67. The van der Waals surface area contributed by atoms with Gasteiger partial charge in [-0.25, -0.2) is 4.39 Å². The van der Waals surface area contributed by atoms with Gasteiger partial charge in [0.25, 0.3) is 0 Å². The minimum absolute atomic E-state index is 0.0132. The number of aromatic nitrogens is 2. The van der Waals surface area contributed by atoms with Crippen LogP contribution in [0.2, 0.25) is 0 Å². The Morgan fingerprint density at radius 2 is 2.21 bits per heavy atom. The fourth-order valence-corrected chi connectivity index (χ4v) is 2.34. The van der Waals surface area contributed by atoms with Crippen LogP contribution in [0, 0.1) is 9.39 Å². The predicted molar refractivity (Wildman–Crippen MR) is 79.1 cm³/mol. The van der Waals surface area contributed by atoms with Crippen molar-refractivity contribution in [3.05, 3.63) is 33.5 Å². The summed E-state index contributed by atoms with van der Waals surface area (Å²) in [4.78, 5) is 0. The molecule has 2 aromatic rings. The van der Waals surface area contributed by atoms with Crippen LogP contribution >= 0.6 is 22.6 Å². The molecular weight excluding hydrogens is 360 g/mol. The lowest BCUT2D eigenvalue weighted by molar-refractivity contribution is 0.423. The van der Waals surface area contributed by atoms with Gasteiger partial charge in [-0.3, -0.25) is 0 Å². The maximum atomic E-state index is 13.1. The molecule has 0 saturated heterocycles. The minimum atomic E-state index is -0.272. The van der Waals surface area contributed by atoms with E-state index >= 15 is 0 Å². The number of nitrogens with zero attached hydrogens (tertiary/aromatic N) is 2. The van der Waals surface area contributed by atoms with Crippen LogP contribution in [0.3, 0.4) is 0 Å². The molecule has 4 nitrogen and oxygen atoms in total. The largest absolute Gasteiger partial charge is 0.419 e. The smallest absolute Gasteiger partial charge is 0.248 e. The molecule has 1 atom stereocenters. The van der Waals surface area contributed by atoms with Crippen molar-refractivity contribution in [1.29, 1.82) is 0 Å². The fourth-order valence-electron chi connectivity index (χ4n) is 1.63. The first-order valence-corrected chi connectivity index (χ1v) is 7.22. The second-order valence-electron chi connectivity index (χ2n) is 4.25. The molecule has 0 radical (unpaired) electrons. The summed E-state index contributed by atoms with van der Waals surface area (Å²) in [5.74, 6) is 0.694. The summed E-state index contributed by atoms with van der Waals surface area (Å²) in [6.45, 7) is 4.97. The zero-order valence-electron chi connectivity index (χ0n) is 10.8. The molecule has 0 fully saturated rings. The van der Waals surface area contributed by atoms with Crippen LogP contribution in [0.1, 0.15) is 32.2 Å². The molecule has 1 aromatic heterocycles. The van der Waals surface area contributed by atoms with Gasteiger partial charge in [-0.05, 0) is 60.7 Å². The van der Waals surface area contributed by atoms with E-state index in [9.17, 15) is 4.39 Å². The Morgan fingerprint density at radius 3 is 2.89 bits per heavy atom. The van der Waals surface area contributed by atoms with Crippen molar-refractivity contribution in [2.75, 3.05) is 6.54 Å². The van der Waals surface area contributed by atoms with Gasteiger partial charge in [-0.1, -0.05) is 6.92 Å². The first-order chi connectivity index (χ1) is 9.11. The van der Waals surface area contributed by atoms with Crippen molar-refractivity contribution in [2.45, 2.75) is 26.3 Å². The van der Waals surface area contributed by atoms with Crippen LogP contribution in [0.4, 0.5) is 4.39 Å². The molecule has 0 aliphatic heterocycles. The number of hydrogen-bond donors (Lipinski definition) is 1. The zero-order chi connectivity index (χ0) is 13.8. The van der Waals surface area contributed by atoms with Crippen LogP contribution in [0.5, 0.6) is 0 Å². The van der Waals surface area contributed by atoms with E-state index in [0.29, 0.717) is 11.8 Å². The Balaban J connectivity index is 2.20. The van der Waals surface area contributed by atoms with Crippen molar-refractivity contribution in [3.63, 3.8) is 0 Å². The van der Waals surface area contributed by atoms with Crippen LogP contribution in [0.15, 0.2) is 22.6 Å². The Kier molecular flexibility index (Phi) is 4.87. The highest BCUT2D eigenvalue weighted by Crippen LogP contribution is 2.26. The van der Waals surface area contributed by atoms with E-state index in [1.807, 2.05) is 6.92 Å². The molecule has 1 aromatic carbocycles. The monoisotopic (exact) mass is 375 g/mol. The number of halogens is 2. The van der Waals surface area contributed by atoms with Crippen LogP contribution < -0.4 is 5.32 Å². The molecule has 0 aliphatic rings. The second-order valence-corrected chi connectivity index (χ2v) is 5.41. The van der Waals surface area contributed by atoms with Crippen LogP contribution in [-0.2, 0) is 0 Å². The van der Waals surface area contributed by atoms with Gasteiger partial charge in [0.05, 0.1) is 11.6 Å². The Hall–Kier alpha value is -1.02. The first-order valence-electron chi connectivity index (χ1n) is 6.14. The molecule has 0 saturated carbocycles. The maximum Gasteiger partial charge on any atom is 0.248 e. The van der Waals surface area contributed by atoms with Crippen molar-refractivity contribution < 1.29 is 8.81 Å². The highest BCUT2D eigenvalue weighted by molar-refractivity contribution is 14.1. The number of rotatable bonds is 5. The van der Waals surface area contributed by atoms with Gasteiger partial charge in [-0.15, -0.1) is 10.2 Å². The highest BCUT2D eigenvalue weighted by atomic mass is 127. The van der Waals surface area contributed by atoms with E-state index in [-0.39, 0.29) is 11.9 Å². The summed E-state index contributed by atoms with van der Waals surface area (Å²) in [7, 11) is 0. The van der Waals surface area contributed by atoms with Gasteiger partial charge < -0.3 is 9.73 Å². The van der Waals surface area contributed by atoms with E-state index < -0.39 is 0 Å². The van der Waals surface area contributed by atoms with Gasteiger partial charge >= 0.3 is 0 Å². The number of benzene rings is 1. The molecule has 0 spiro atoms. The molecule has 1 unspecified atom stereocenters. The lowest BCUT2D eigenvalue weighted by Gasteiger charge is -2.07. The molecule has 0 aliphatic carbocycles. The minimum Gasteiger partial charge on any atom is -0.419 e. The lowest BCUT2D eigenvalue weighted by Crippen LogP contribution is -2.19. The summed E-state index contributed by atoms with van der Waals surface area (Å²) in [5.41, 5.74) is 0.753. The SMILES string of the molecule is CCCNC(C)c1nnc(-c2ccc(F)cc2I)o1. The Bertz CT molecular complexity index is 559. The molecule has 2 rings (SSSR count). The van der Waals surface area contributed by atoms with Crippen molar-refractivity contribution in [1.82, 2.24) is 15.5 Å². The third kappa shape index (κ3) is 3.50. The average molecular weight is 375 g/mol. The topological polar surface area (TPSA) is 51.0 Å². The Labute approximate surface area is 124 Å². The second kappa shape index (κ2) is 6.42. The van der Waals surface area contributed by atoms with Gasteiger partial charge in [0.1, 0.15) is 5.82 Å². The third-order valence-corrected chi connectivity index (χ3v) is 3.57. The number of nitrogens with one attached hydrogen (secondary N) is 1. The Morgan fingerprint density at radius 1 is 1.42 bits per heavy atom. The molecule has 102 valence electrons. The molecule has 6 heteroatoms. The summed E-state index contributed by atoms with van der Waals surface area (Å²) < 4.78 is 19.4. The summed E-state index contributed by atoms with van der Waals surface area (Å²) >= 11 is 2.06. The van der Waals surface area contributed by atoms with Gasteiger partial charge in [0.15, 0.2) is 0 Å². The predicted octanol–water partition coefficient (Wildman–Crippen LogP) is 3.54. The maximum absolute atomic E-state index is 13.1. The molecular formula is C13H15FIN3O. The average Bonchev–Trinajstić information content (AvgIpc) is 2.85. The molecule has 0 amide bonds. The lowest BCUT2D eigenvalue weighted by atomic mass is 10.2. The standard InChI is InChI=1S/C13H15FIN3O/c1-3-6-16-8(2)12-17-18-13(19-12)10-5-4-9(14)7-11(10)15/h4-5,7-8,16H,3,6H2,1-2H3. The van der Waals surface area contributed by atoms with Gasteiger partial charge in [-0.2, -0.15) is 0 Å². The van der Waals surface area contributed by atoms with Gasteiger partial charge in [0, 0.05) is 3.57 Å². The van der Waals surface area contributed by atoms with E-state index in [2.05, 4.69) is 45.0 Å². The van der Waals surface area contributed by atoms with E-state index in [1.165, 1.54) is 12.1 Å². The van der Waals surface area contributed by atoms with Crippen LogP contribution in [-0.4, -0.2) is 16.7 Å².